The summed E-state index contributed by atoms with van der Waals surface area (Å²) in [7, 11) is -3.87. The molecule has 1 unspecified atom stereocenters. The first-order valence-electron chi connectivity index (χ1n) is 8.81. The van der Waals surface area contributed by atoms with Crippen molar-refractivity contribution in [3.63, 3.8) is 0 Å². The summed E-state index contributed by atoms with van der Waals surface area (Å²) in [5.74, 6) is -1.31. The monoisotopic (exact) mass is 400 g/mol. The van der Waals surface area contributed by atoms with Crippen molar-refractivity contribution in [2.75, 3.05) is 11.1 Å². The highest BCUT2D eigenvalue weighted by Crippen LogP contribution is 2.24. The fraction of sp³-hybridized carbons (Fsp3) is 0.333. The zero-order chi connectivity index (χ0) is 21.1. The van der Waals surface area contributed by atoms with E-state index in [2.05, 4.69) is 10.2 Å². The molecule has 0 heterocycles. The van der Waals surface area contributed by atoms with Crippen LogP contribution in [0.4, 0.5) is 11.4 Å². The van der Waals surface area contributed by atoms with Crippen molar-refractivity contribution in [1.82, 2.24) is 0 Å². The van der Waals surface area contributed by atoms with E-state index in [1.54, 1.807) is 31.2 Å². The molecule has 0 aliphatic carbocycles. The Morgan fingerprint density at radius 2 is 1.82 bits per heavy atom. The average Bonchev–Trinajstić information content (AvgIpc) is 2.61. The number of rotatable bonds is 6. The van der Waals surface area contributed by atoms with Crippen LogP contribution in [-0.2, 0) is 14.6 Å². The lowest BCUT2D eigenvalue weighted by Gasteiger charge is -2.22. The molecule has 0 saturated heterocycles. The van der Waals surface area contributed by atoms with Gasteiger partial charge in [-0.2, -0.15) is 0 Å². The van der Waals surface area contributed by atoms with Gasteiger partial charge < -0.3 is 10.4 Å². The Kier molecular flexibility index (Phi) is 6.27. The van der Waals surface area contributed by atoms with Gasteiger partial charge in [-0.15, -0.1) is 0 Å². The quantitative estimate of drug-likeness (QED) is 0.722. The number of aryl methyl sites for hydroxylation is 1. The van der Waals surface area contributed by atoms with Crippen molar-refractivity contribution in [3.8, 4) is 0 Å². The maximum absolute atomic E-state index is 12.7. The number of carbonyl (C=O) groups excluding carboxylic acids is 1. The molecule has 2 N–H and O–H groups in total. The van der Waals surface area contributed by atoms with Gasteiger partial charge in [-0.1, -0.05) is 32.0 Å². The summed E-state index contributed by atoms with van der Waals surface area (Å²) in [6.07, 6.45) is 0. The first-order chi connectivity index (χ1) is 13.0. The predicted molar refractivity (Wildman–Crippen MR) is 109 cm³/mol. The molecule has 6 nitrogen and oxygen atoms in total. The van der Waals surface area contributed by atoms with Gasteiger partial charge in [0.15, 0.2) is 21.1 Å². The predicted octanol–water partition coefficient (Wildman–Crippen LogP) is 3.83. The third-order valence-electron chi connectivity index (χ3n) is 4.44. The lowest BCUT2D eigenvalue weighted by molar-refractivity contribution is -0.130. The molecular formula is C21H24N2O4S. The standard InChI is InChI=1S/C21H24N2O4S/c1-14(2)16-6-9-18(10-7-16)28(26,27)13-21(4,25)20(24)23-17-8-11-19(22-5)15(3)12-17/h6-12,14,25H,13H2,1-4H3,(H,23,24). The SMILES string of the molecule is [C-]#[N+]c1ccc(NC(=O)C(C)(O)CS(=O)(=O)c2ccc(C(C)C)cc2)cc1C. The van der Waals surface area contributed by atoms with Gasteiger partial charge in [-0.25, -0.2) is 13.3 Å². The molecule has 2 aromatic carbocycles. The first kappa shape index (κ1) is 21.6. The summed E-state index contributed by atoms with van der Waals surface area (Å²) in [6, 6.07) is 11.1. The number of hydrogen-bond acceptors (Lipinski definition) is 4. The van der Waals surface area contributed by atoms with E-state index in [0.717, 1.165) is 5.56 Å². The molecule has 148 valence electrons. The molecule has 7 heteroatoms. The number of sulfone groups is 1. The molecule has 0 bridgehead atoms. The molecule has 0 fully saturated rings. The van der Waals surface area contributed by atoms with E-state index in [4.69, 9.17) is 6.57 Å². The van der Waals surface area contributed by atoms with Gasteiger partial charge in [0.2, 0.25) is 0 Å². The van der Waals surface area contributed by atoms with Gasteiger partial charge >= 0.3 is 0 Å². The third-order valence-corrected chi connectivity index (χ3v) is 6.37. The van der Waals surface area contributed by atoms with E-state index in [-0.39, 0.29) is 10.8 Å². The van der Waals surface area contributed by atoms with Gasteiger partial charge in [-0.05, 0) is 55.2 Å². The second-order valence-corrected chi connectivity index (χ2v) is 9.31. The van der Waals surface area contributed by atoms with Gasteiger partial charge in [0.25, 0.3) is 5.91 Å². The number of nitrogens with one attached hydrogen (secondary N) is 1. The number of amides is 1. The van der Waals surface area contributed by atoms with E-state index < -0.39 is 27.1 Å². The van der Waals surface area contributed by atoms with Crippen LogP contribution in [0.15, 0.2) is 47.4 Å². The maximum atomic E-state index is 12.7. The van der Waals surface area contributed by atoms with Crippen LogP contribution in [0.3, 0.4) is 0 Å². The molecular weight excluding hydrogens is 376 g/mol. The average molecular weight is 401 g/mol. The highest BCUT2D eigenvalue weighted by Gasteiger charge is 2.36. The number of carbonyl (C=O) groups is 1. The molecule has 0 radical (unpaired) electrons. The van der Waals surface area contributed by atoms with Gasteiger partial charge in [0.05, 0.1) is 17.2 Å². The van der Waals surface area contributed by atoms with E-state index in [1.807, 2.05) is 13.8 Å². The lowest BCUT2D eigenvalue weighted by Crippen LogP contribution is -2.45. The van der Waals surface area contributed by atoms with Crippen LogP contribution >= 0.6 is 0 Å². The van der Waals surface area contributed by atoms with Crippen LogP contribution < -0.4 is 5.32 Å². The number of hydrogen-bond donors (Lipinski definition) is 2. The van der Waals surface area contributed by atoms with Gasteiger partial charge in [0, 0.05) is 5.69 Å². The van der Waals surface area contributed by atoms with Gasteiger partial charge in [-0.3, -0.25) is 4.79 Å². The Bertz CT molecular complexity index is 1020. The largest absolute Gasteiger partial charge is 0.379 e. The summed E-state index contributed by atoms with van der Waals surface area (Å²) >= 11 is 0. The van der Waals surface area contributed by atoms with E-state index in [1.165, 1.54) is 25.1 Å². The van der Waals surface area contributed by atoms with E-state index in [9.17, 15) is 18.3 Å². The number of anilines is 1. The zero-order valence-corrected chi connectivity index (χ0v) is 17.2. The van der Waals surface area contributed by atoms with Crippen molar-refractivity contribution in [1.29, 1.82) is 0 Å². The fourth-order valence-electron chi connectivity index (χ4n) is 2.70. The molecule has 2 rings (SSSR count). The zero-order valence-electron chi connectivity index (χ0n) is 16.4. The van der Waals surface area contributed by atoms with Crippen molar-refractivity contribution in [2.24, 2.45) is 0 Å². The van der Waals surface area contributed by atoms with Crippen molar-refractivity contribution >= 4 is 27.1 Å². The maximum Gasteiger partial charge on any atom is 0.257 e. The number of nitrogens with zero attached hydrogens (tertiary/aromatic N) is 1. The highest BCUT2D eigenvalue weighted by molar-refractivity contribution is 7.91. The molecule has 2 aromatic rings. The topological polar surface area (TPSA) is 87.8 Å². The molecule has 28 heavy (non-hydrogen) atoms. The summed E-state index contributed by atoms with van der Waals surface area (Å²) in [4.78, 5) is 15.9. The van der Waals surface area contributed by atoms with Crippen LogP contribution in [0.5, 0.6) is 0 Å². The lowest BCUT2D eigenvalue weighted by atomic mass is 10.0. The Morgan fingerprint density at radius 1 is 1.21 bits per heavy atom. The third kappa shape index (κ3) is 4.97. The Hall–Kier alpha value is -2.69. The minimum absolute atomic E-state index is 0.0576. The Labute approximate surface area is 166 Å². The van der Waals surface area contributed by atoms with Gasteiger partial charge in [0.1, 0.15) is 0 Å². The molecule has 0 spiro atoms. The van der Waals surface area contributed by atoms with Crippen LogP contribution in [0.1, 0.15) is 37.8 Å². The minimum Gasteiger partial charge on any atom is -0.379 e. The van der Waals surface area contributed by atoms with Crippen LogP contribution in [-0.4, -0.2) is 30.8 Å². The summed E-state index contributed by atoms with van der Waals surface area (Å²) in [5, 5.41) is 13.0. The van der Waals surface area contributed by atoms with Crippen LogP contribution in [0.2, 0.25) is 0 Å². The van der Waals surface area contributed by atoms with Crippen molar-refractivity contribution in [2.45, 2.75) is 44.1 Å². The molecule has 1 amide bonds. The van der Waals surface area contributed by atoms with Crippen molar-refractivity contribution in [3.05, 3.63) is 65.0 Å². The van der Waals surface area contributed by atoms with Crippen molar-refractivity contribution < 1.29 is 18.3 Å². The molecule has 0 saturated carbocycles. The summed E-state index contributed by atoms with van der Waals surface area (Å²) < 4.78 is 25.3. The molecule has 0 aromatic heterocycles. The second kappa shape index (κ2) is 8.13. The van der Waals surface area contributed by atoms with Crippen LogP contribution in [0, 0.1) is 13.5 Å². The molecule has 1 atom stereocenters. The van der Waals surface area contributed by atoms with E-state index in [0.29, 0.717) is 16.9 Å². The normalized spacial score (nSPS) is 13.6. The number of benzene rings is 2. The Balaban J connectivity index is 2.17. The summed E-state index contributed by atoms with van der Waals surface area (Å²) in [5.41, 5.74) is 0.389. The molecule has 0 aliphatic rings. The minimum atomic E-state index is -3.87. The number of aliphatic hydroxyl groups is 1. The Morgan fingerprint density at radius 3 is 2.32 bits per heavy atom. The molecule has 0 aliphatic heterocycles. The smallest absolute Gasteiger partial charge is 0.257 e. The first-order valence-corrected chi connectivity index (χ1v) is 10.5. The summed E-state index contributed by atoms with van der Waals surface area (Å²) in [6.45, 7) is 14.0. The van der Waals surface area contributed by atoms with Crippen LogP contribution in [0.25, 0.3) is 4.85 Å². The van der Waals surface area contributed by atoms with E-state index >= 15 is 0 Å². The fourth-order valence-corrected chi connectivity index (χ4v) is 4.29. The highest BCUT2D eigenvalue weighted by atomic mass is 32.2. The second-order valence-electron chi connectivity index (χ2n) is 7.32.